The maximum absolute atomic E-state index is 12.1. The van der Waals surface area contributed by atoms with Crippen LogP contribution in [0, 0.1) is 12.8 Å². The fourth-order valence-corrected chi connectivity index (χ4v) is 3.10. The molecule has 0 N–H and O–H groups in total. The van der Waals surface area contributed by atoms with Gasteiger partial charge in [-0.05, 0) is 12.8 Å². The Balaban J connectivity index is 1.94. The topological polar surface area (TPSA) is 34.9 Å². The summed E-state index contributed by atoms with van der Waals surface area (Å²) in [6, 6.07) is 0. The molecule has 0 radical (unpaired) electrons. The number of ketones is 1. The molecule has 3 nitrogen and oxygen atoms in total. The van der Waals surface area contributed by atoms with E-state index in [9.17, 15) is 4.79 Å². The molecule has 1 aromatic heterocycles. The molecular weight excluding hydrogens is 248 g/mol. The number of Topliss-reactive ketones (excluding diaryl/α,β-unsaturated/α-hetero) is 1. The van der Waals surface area contributed by atoms with Crippen LogP contribution in [-0.2, 0) is 18.3 Å². The Kier molecular flexibility index (Phi) is 4.44. The van der Waals surface area contributed by atoms with Gasteiger partial charge in [0.1, 0.15) is 10.9 Å². The second kappa shape index (κ2) is 5.87. The lowest BCUT2D eigenvalue weighted by atomic mass is 9.85. The number of aromatic nitrogens is 2. The molecule has 0 bridgehead atoms. The van der Waals surface area contributed by atoms with Crippen molar-refractivity contribution in [3.05, 3.63) is 16.4 Å². The van der Waals surface area contributed by atoms with Crippen molar-refractivity contribution in [2.75, 3.05) is 0 Å². The van der Waals surface area contributed by atoms with E-state index >= 15 is 0 Å². The molecule has 4 heteroatoms. The molecule has 0 aromatic carbocycles. The van der Waals surface area contributed by atoms with Crippen LogP contribution in [0.4, 0.5) is 0 Å². The van der Waals surface area contributed by atoms with Crippen molar-refractivity contribution in [3.63, 3.8) is 0 Å². The lowest BCUT2D eigenvalue weighted by Crippen LogP contribution is -2.14. The third-order valence-corrected chi connectivity index (χ3v) is 4.36. The zero-order valence-corrected chi connectivity index (χ0v) is 12.0. The SMILES string of the molecule is Cc1nn(C)c(Cl)c1CC(=O)CC1CCCCC1. The van der Waals surface area contributed by atoms with Crippen molar-refractivity contribution < 1.29 is 4.79 Å². The first-order chi connectivity index (χ1) is 8.58. The second-order valence-corrected chi connectivity index (χ2v) is 5.76. The zero-order chi connectivity index (χ0) is 13.1. The summed E-state index contributed by atoms with van der Waals surface area (Å²) < 4.78 is 1.64. The van der Waals surface area contributed by atoms with E-state index in [1.54, 1.807) is 4.68 Å². The minimum atomic E-state index is 0.305. The van der Waals surface area contributed by atoms with E-state index in [4.69, 9.17) is 11.6 Å². The zero-order valence-electron chi connectivity index (χ0n) is 11.2. The van der Waals surface area contributed by atoms with E-state index in [2.05, 4.69) is 5.10 Å². The highest BCUT2D eigenvalue weighted by Crippen LogP contribution is 2.27. The summed E-state index contributed by atoms with van der Waals surface area (Å²) in [6.07, 6.45) is 7.48. The quantitative estimate of drug-likeness (QED) is 0.838. The first-order valence-corrected chi connectivity index (χ1v) is 7.15. The van der Waals surface area contributed by atoms with Crippen LogP contribution in [0.1, 0.15) is 49.8 Å². The van der Waals surface area contributed by atoms with E-state index in [1.807, 2.05) is 14.0 Å². The van der Waals surface area contributed by atoms with E-state index in [-0.39, 0.29) is 0 Å². The Labute approximate surface area is 114 Å². The summed E-state index contributed by atoms with van der Waals surface area (Å²) in [6.45, 7) is 1.91. The van der Waals surface area contributed by atoms with E-state index in [1.165, 1.54) is 32.1 Å². The summed E-state index contributed by atoms with van der Waals surface area (Å²) >= 11 is 6.15. The Morgan fingerprint density at radius 1 is 1.39 bits per heavy atom. The fourth-order valence-electron chi connectivity index (χ4n) is 2.86. The smallest absolute Gasteiger partial charge is 0.137 e. The third kappa shape index (κ3) is 3.14. The number of rotatable bonds is 4. The maximum atomic E-state index is 12.1. The summed E-state index contributed by atoms with van der Waals surface area (Å²) in [4.78, 5) is 12.1. The highest BCUT2D eigenvalue weighted by Gasteiger charge is 2.20. The van der Waals surface area contributed by atoms with Gasteiger partial charge in [0, 0.05) is 25.5 Å². The molecule has 1 aliphatic rings. The second-order valence-electron chi connectivity index (χ2n) is 5.40. The highest BCUT2D eigenvalue weighted by atomic mass is 35.5. The summed E-state index contributed by atoms with van der Waals surface area (Å²) in [7, 11) is 1.81. The highest BCUT2D eigenvalue weighted by molar-refractivity contribution is 6.30. The van der Waals surface area contributed by atoms with Crippen LogP contribution in [-0.4, -0.2) is 15.6 Å². The molecule has 0 amide bonds. The molecule has 0 saturated heterocycles. The number of nitrogens with zero attached hydrogens (tertiary/aromatic N) is 2. The predicted octanol–water partition coefficient (Wildman–Crippen LogP) is 3.46. The molecule has 1 saturated carbocycles. The Hall–Kier alpha value is -0.830. The van der Waals surface area contributed by atoms with Crippen molar-refractivity contribution in [1.29, 1.82) is 0 Å². The van der Waals surface area contributed by atoms with Gasteiger partial charge in [-0.15, -0.1) is 0 Å². The van der Waals surface area contributed by atoms with Gasteiger partial charge in [-0.1, -0.05) is 43.7 Å². The van der Waals surface area contributed by atoms with Crippen LogP contribution in [0.15, 0.2) is 0 Å². The Bertz CT molecular complexity index is 433. The van der Waals surface area contributed by atoms with Gasteiger partial charge in [-0.2, -0.15) is 5.10 Å². The Morgan fingerprint density at radius 2 is 2.06 bits per heavy atom. The minimum Gasteiger partial charge on any atom is -0.299 e. The summed E-state index contributed by atoms with van der Waals surface area (Å²) in [5.41, 5.74) is 1.78. The average molecular weight is 269 g/mol. The van der Waals surface area contributed by atoms with Crippen LogP contribution in [0.3, 0.4) is 0 Å². The number of hydrogen-bond acceptors (Lipinski definition) is 2. The molecule has 0 unspecified atom stereocenters. The molecule has 1 aromatic rings. The van der Waals surface area contributed by atoms with Gasteiger partial charge >= 0.3 is 0 Å². The molecular formula is C14H21ClN2O. The van der Waals surface area contributed by atoms with Gasteiger partial charge < -0.3 is 0 Å². The van der Waals surface area contributed by atoms with Gasteiger partial charge in [0.2, 0.25) is 0 Å². The maximum Gasteiger partial charge on any atom is 0.137 e. The van der Waals surface area contributed by atoms with Crippen molar-refractivity contribution in [2.24, 2.45) is 13.0 Å². The van der Waals surface area contributed by atoms with E-state index in [0.717, 1.165) is 11.3 Å². The third-order valence-electron chi connectivity index (χ3n) is 3.88. The average Bonchev–Trinajstić information content (AvgIpc) is 2.57. The molecule has 1 fully saturated rings. The van der Waals surface area contributed by atoms with Gasteiger partial charge in [-0.25, -0.2) is 0 Å². The molecule has 0 atom stereocenters. The van der Waals surface area contributed by atoms with Crippen molar-refractivity contribution in [2.45, 2.75) is 51.9 Å². The number of aryl methyl sites for hydroxylation is 2. The molecule has 0 aliphatic heterocycles. The molecule has 0 spiro atoms. The summed E-state index contributed by atoms with van der Waals surface area (Å²) in [5.74, 6) is 0.905. The standard InChI is InChI=1S/C14H21ClN2O/c1-10-13(14(15)17(2)16-10)9-12(18)8-11-6-4-3-5-7-11/h11H,3-9H2,1-2H3. The number of carbonyl (C=O) groups excluding carboxylic acids is 1. The van der Waals surface area contributed by atoms with Gasteiger partial charge in [-0.3, -0.25) is 9.48 Å². The number of carbonyl (C=O) groups is 1. The van der Waals surface area contributed by atoms with Crippen LogP contribution in [0.5, 0.6) is 0 Å². The lowest BCUT2D eigenvalue weighted by Gasteiger charge is -2.20. The Morgan fingerprint density at radius 3 is 2.61 bits per heavy atom. The first kappa shape index (κ1) is 13.6. The van der Waals surface area contributed by atoms with Gasteiger partial charge in [0.15, 0.2) is 0 Å². The predicted molar refractivity (Wildman–Crippen MR) is 72.9 cm³/mol. The van der Waals surface area contributed by atoms with Crippen LogP contribution in [0.25, 0.3) is 0 Å². The first-order valence-electron chi connectivity index (χ1n) is 6.77. The fraction of sp³-hybridized carbons (Fsp3) is 0.714. The molecule has 2 rings (SSSR count). The monoisotopic (exact) mass is 268 g/mol. The molecule has 1 heterocycles. The van der Waals surface area contributed by atoms with E-state index in [0.29, 0.717) is 29.7 Å². The number of halogens is 1. The van der Waals surface area contributed by atoms with Gasteiger partial charge in [0.25, 0.3) is 0 Å². The van der Waals surface area contributed by atoms with Crippen LogP contribution >= 0.6 is 11.6 Å². The van der Waals surface area contributed by atoms with E-state index < -0.39 is 0 Å². The van der Waals surface area contributed by atoms with Crippen molar-refractivity contribution in [1.82, 2.24) is 9.78 Å². The van der Waals surface area contributed by atoms with Crippen LogP contribution < -0.4 is 0 Å². The molecule has 18 heavy (non-hydrogen) atoms. The minimum absolute atomic E-state index is 0.305. The van der Waals surface area contributed by atoms with Crippen molar-refractivity contribution in [3.8, 4) is 0 Å². The van der Waals surface area contributed by atoms with Crippen molar-refractivity contribution >= 4 is 17.4 Å². The molecule has 100 valence electrons. The largest absolute Gasteiger partial charge is 0.299 e. The normalized spacial score (nSPS) is 17.1. The molecule has 1 aliphatic carbocycles. The van der Waals surface area contributed by atoms with Gasteiger partial charge in [0.05, 0.1) is 5.69 Å². The number of hydrogen-bond donors (Lipinski definition) is 0. The lowest BCUT2D eigenvalue weighted by molar-refractivity contribution is -0.119. The van der Waals surface area contributed by atoms with Crippen LogP contribution in [0.2, 0.25) is 5.15 Å². The summed E-state index contributed by atoms with van der Waals surface area (Å²) in [5, 5.41) is 4.84.